The summed E-state index contributed by atoms with van der Waals surface area (Å²) in [5.74, 6) is 0.829. The molecule has 0 radical (unpaired) electrons. The normalized spacial score (nSPS) is 11.4. The number of aromatic nitrogens is 1. The van der Waals surface area contributed by atoms with Crippen LogP contribution in [0.4, 0.5) is 0 Å². The third-order valence-corrected chi connectivity index (χ3v) is 5.64. The van der Waals surface area contributed by atoms with Crippen LogP contribution >= 0.6 is 35.3 Å². The standard InChI is InChI=1S/C21H33N5S.HI/c1-6-22-21(24-14-20-25-16(4)17(5)27-20)23-13-18-9-11-19(12-10-18)15-26(7-2)8-3;/h9-12H,6-8,13-15H2,1-5H3,(H2,22,23,24);1H. The molecule has 7 heteroatoms. The number of hydrogen-bond donors (Lipinski definition) is 2. The largest absolute Gasteiger partial charge is 0.357 e. The van der Waals surface area contributed by atoms with Crippen molar-refractivity contribution in [3.63, 3.8) is 0 Å². The van der Waals surface area contributed by atoms with Crippen molar-refractivity contribution in [3.05, 3.63) is 51.0 Å². The van der Waals surface area contributed by atoms with Crippen molar-refractivity contribution < 1.29 is 0 Å². The zero-order valence-corrected chi connectivity index (χ0v) is 20.9. The molecule has 0 unspecified atom stereocenters. The van der Waals surface area contributed by atoms with Crippen LogP contribution < -0.4 is 10.6 Å². The summed E-state index contributed by atoms with van der Waals surface area (Å²) in [4.78, 5) is 13.0. The highest BCUT2D eigenvalue weighted by molar-refractivity contribution is 14.0. The van der Waals surface area contributed by atoms with Gasteiger partial charge in [-0.1, -0.05) is 38.1 Å². The summed E-state index contributed by atoms with van der Waals surface area (Å²) in [6.45, 7) is 16.0. The molecule has 0 spiro atoms. The number of aliphatic imine (C=N–C) groups is 1. The van der Waals surface area contributed by atoms with Crippen LogP contribution in [0.3, 0.4) is 0 Å². The Balaban J connectivity index is 0.00000392. The minimum Gasteiger partial charge on any atom is -0.357 e. The van der Waals surface area contributed by atoms with Crippen LogP contribution in [0.15, 0.2) is 29.3 Å². The highest BCUT2D eigenvalue weighted by Gasteiger charge is 2.05. The van der Waals surface area contributed by atoms with Crippen LogP contribution in [0.1, 0.15) is 47.5 Å². The number of benzene rings is 1. The Labute approximate surface area is 191 Å². The number of aryl methyl sites for hydroxylation is 2. The van der Waals surface area contributed by atoms with Crippen molar-refractivity contribution in [2.45, 2.75) is 54.3 Å². The fraction of sp³-hybridized carbons (Fsp3) is 0.524. The smallest absolute Gasteiger partial charge is 0.191 e. The number of nitrogens with zero attached hydrogens (tertiary/aromatic N) is 3. The molecule has 0 saturated carbocycles. The molecule has 0 fully saturated rings. The lowest BCUT2D eigenvalue weighted by Gasteiger charge is -2.18. The number of thiazole rings is 1. The minimum atomic E-state index is 0. The van der Waals surface area contributed by atoms with E-state index in [-0.39, 0.29) is 24.0 Å². The van der Waals surface area contributed by atoms with E-state index in [9.17, 15) is 0 Å². The predicted molar refractivity (Wildman–Crippen MR) is 132 cm³/mol. The number of halogens is 1. The van der Waals surface area contributed by atoms with E-state index < -0.39 is 0 Å². The quantitative estimate of drug-likeness (QED) is 0.294. The van der Waals surface area contributed by atoms with Crippen molar-refractivity contribution in [3.8, 4) is 0 Å². The summed E-state index contributed by atoms with van der Waals surface area (Å²) in [6.07, 6.45) is 0. The van der Waals surface area contributed by atoms with Crippen molar-refractivity contribution in [1.82, 2.24) is 20.5 Å². The van der Waals surface area contributed by atoms with Gasteiger partial charge in [-0.2, -0.15) is 0 Å². The Kier molecular flexibility index (Phi) is 11.6. The van der Waals surface area contributed by atoms with Gasteiger partial charge >= 0.3 is 0 Å². The first-order valence-electron chi connectivity index (χ1n) is 9.80. The maximum atomic E-state index is 4.71. The SMILES string of the molecule is CCNC(=NCc1ccc(CN(CC)CC)cc1)NCc1nc(C)c(C)s1.I. The topological polar surface area (TPSA) is 52.6 Å². The molecule has 1 heterocycles. The monoisotopic (exact) mass is 515 g/mol. The Bertz CT molecular complexity index is 703. The van der Waals surface area contributed by atoms with Gasteiger partial charge in [-0.25, -0.2) is 9.98 Å². The van der Waals surface area contributed by atoms with E-state index in [2.05, 4.69) is 79.4 Å². The lowest BCUT2D eigenvalue weighted by Crippen LogP contribution is -2.36. The fourth-order valence-electron chi connectivity index (χ4n) is 2.74. The third-order valence-electron chi connectivity index (χ3n) is 4.57. The average molecular weight is 516 g/mol. The molecule has 1 aromatic carbocycles. The first kappa shape index (κ1) is 24.8. The second-order valence-electron chi connectivity index (χ2n) is 6.58. The molecule has 0 saturated heterocycles. The van der Waals surface area contributed by atoms with Gasteiger partial charge in [0.1, 0.15) is 5.01 Å². The second-order valence-corrected chi connectivity index (χ2v) is 7.86. The van der Waals surface area contributed by atoms with E-state index >= 15 is 0 Å². The highest BCUT2D eigenvalue weighted by Crippen LogP contribution is 2.16. The van der Waals surface area contributed by atoms with Gasteiger partial charge in [0, 0.05) is 18.0 Å². The van der Waals surface area contributed by atoms with Crippen LogP contribution in [0.2, 0.25) is 0 Å². The van der Waals surface area contributed by atoms with Gasteiger partial charge < -0.3 is 10.6 Å². The van der Waals surface area contributed by atoms with Gasteiger partial charge in [0.15, 0.2) is 5.96 Å². The fourth-order valence-corrected chi connectivity index (χ4v) is 3.62. The maximum Gasteiger partial charge on any atom is 0.191 e. The molecular weight excluding hydrogens is 481 g/mol. The molecule has 0 aliphatic carbocycles. The maximum absolute atomic E-state index is 4.71. The van der Waals surface area contributed by atoms with Gasteiger partial charge in [-0.3, -0.25) is 4.90 Å². The molecule has 28 heavy (non-hydrogen) atoms. The number of nitrogens with one attached hydrogen (secondary N) is 2. The molecule has 0 aliphatic heterocycles. The molecular formula is C21H34IN5S. The summed E-state index contributed by atoms with van der Waals surface area (Å²) in [5, 5.41) is 7.78. The van der Waals surface area contributed by atoms with Crippen molar-refractivity contribution in [1.29, 1.82) is 0 Å². The van der Waals surface area contributed by atoms with Gasteiger partial charge in [-0.15, -0.1) is 35.3 Å². The Hall–Kier alpha value is -1.19. The van der Waals surface area contributed by atoms with E-state index in [1.807, 2.05) is 0 Å². The van der Waals surface area contributed by atoms with Crippen LogP contribution in [0.5, 0.6) is 0 Å². The van der Waals surface area contributed by atoms with Gasteiger partial charge in [0.25, 0.3) is 0 Å². The van der Waals surface area contributed by atoms with Crippen LogP contribution in [-0.2, 0) is 19.6 Å². The van der Waals surface area contributed by atoms with E-state index in [0.717, 1.165) is 42.8 Å². The molecule has 156 valence electrons. The summed E-state index contributed by atoms with van der Waals surface area (Å²) in [6, 6.07) is 8.79. The first-order valence-corrected chi connectivity index (χ1v) is 10.6. The molecule has 2 rings (SSSR count). The zero-order chi connectivity index (χ0) is 19.6. The molecule has 0 aliphatic rings. The Morgan fingerprint density at radius 2 is 1.68 bits per heavy atom. The van der Waals surface area contributed by atoms with Crippen molar-refractivity contribution in [2.75, 3.05) is 19.6 Å². The molecule has 0 bridgehead atoms. The van der Waals surface area contributed by atoms with Gasteiger partial charge in [-0.05, 0) is 45.0 Å². The van der Waals surface area contributed by atoms with E-state index in [0.29, 0.717) is 13.1 Å². The Morgan fingerprint density at radius 1 is 1.04 bits per heavy atom. The van der Waals surface area contributed by atoms with E-state index in [4.69, 9.17) is 4.99 Å². The molecule has 1 aromatic heterocycles. The average Bonchev–Trinajstić information content (AvgIpc) is 3.00. The summed E-state index contributed by atoms with van der Waals surface area (Å²) in [7, 11) is 0. The van der Waals surface area contributed by atoms with E-state index in [1.165, 1.54) is 16.0 Å². The number of hydrogen-bond acceptors (Lipinski definition) is 4. The zero-order valence-electron chi connectivity index (χ0n) is 17.7. The molecule has 0 atom stereocenters. The summed E-state index contributed by atoms with van der Waals surface area (Å²) < 4.78 is 0. The van der Waals surface area contributed by atoms with Crippen LogP contribution in [0, 0.1) is 13.8 Å². The van der Waals surface area contributed by atoms with Crippen molar-refractivity contribution in [2.24, 2.45) is 4.99 Å². The third kappa shape index (κ3) is 8.05. The van der Waals surface area contributed by atoms with Gasteiger partial charge in [0.05, 0.1) is 18.8 Å². The Morgan fingerprint density at radius 3 is 2.21 bits per heavy atom. The van der Waals surface area contributed by atoms with E-state index in [1.54, 1.807) is 11.3 Å². The highest BCUT2D eigenvalue weighted by atomic mass is 127. The minimum absolute atomic E-state index is 0. The predicted octanol–water partition coefficient (Wildman–Crippen LogP) is 4.48. The second kappa shape index (κ2) is 13.1. The number of rotatable bonds is 9. The molecule has 5 nitrogen and oxygen atoms in total. The molecule has 0 amide bonds. The van der Waals surface area contributed by atoms with Crippen molar-refractivity contribution >= 4 is 41.3 Å². The summed E-state index contributed by atoms with van der Waals surface area (Å²) >= 11 is 1.74. The van der Waals surface area contributed by atoms with Crippen LogP contribution in [0.25, 0.3) is 0 Å². The lowest BCUT2D eigenvalue weighted by atomic mass is 10.1. The summed E-state index contributed by atoms with van der Waals surface area (Å²) in [5.41, 5.74) is 3.69. The molecule has 2 N–H and O–H groups in total. The molecule has 2 aromatic rings. The van der Waals surface area contributed by atoms with Crippen LogP contribution in [-0.4, -0.2) is 35.5 Å². The number of guanidine groups is 1. The first-order chi connectivity index (χ1) is 13.0. The lowest BCUT2D eigenvalue weighted by molar-refractivity contribution is 0.296. The van der Waals surface area contributed by atoms with Gasteiger partial charge in [0.2, 0.25) is 0 Å².